The van der Waals surface area contributed by atoms with Crippen molar-refractivity contribution in [2.24, 2.45) is 0 Å². The van der Waals surface area contributed by atoms with Crippen LogP contribution in [0, 0.1) is 6.92 Å². The summed E-state index contributed by atoms with van der Waals surface area (Å²) in [4.78, 5) is 18.3. The Morgan fingerprint density at radius 2 is 1.41 bits per heavy atom. The van der Waals surface area contributed by atoms with Crippen LogP contribution in [-0.4, -0.2) is 19.2 Å². The predicted molar refractivity (Wildman–Crippen MR) is 127 cm³/mol. The molecule has 1 aromatic heterocycles. The molecule has 0 aliphatic carbocycles. The Balaban J connectivity index is 1.75. The van der Waals surface area contributed by atoms with Crippen LogP contribution in [0.2, 0.25) is 0 Å². The Hall–Kier alpha value is -3.57. The third kappa shape index (κ3) is 4.68. The SMILES string of the molecule is COc1cc(OC)c2[nH]c(C)c(C[NH+](Cc3ccccc3)Cc3ccccc3)c(=O)c2c1. The second kappa shape index (κ2) is 9.71. The average Bonchev–Trinajstić information content (AvgIpc) is 2.82. The Morgan fingerprint density at radius 3 is 1.94 bits per heavy atom. The first kappa shape index (κ1) is 21.7. The quantitative estimate of drug-likeness (QED) is 0.450. The van der Waals surface area contributed by atoms with Crippen LogP contribution in [-0.2, 0) is 19.6 Å². The molecule has 3 aromatic carbocycles. The fourth-order valence-electron chi connectivity index (χ4n) is 4.19. The van der Waals surface area contributed by atoms with E-state index in [9.17, 15) is 4.79 Å². The van der Waals surface area contributed by atoms with E-state index in [1.807, 2.05) is 19.1 Å². The molecule has 0 bridgehead atoms. The molecule has 0 aliphatic heterocycles. The molecule has 0 atom stereocenters. The standard InChI is InChI=1S/C27H28N2O3/c1-19-24(27(30)23-14-22(31-2)15-25(32-3)26(23)28-19)18-29(16-20-10-6-4-7-11-20)17-21-12-8-5-9-13-21/h4-15H,16-18H2,1-3H3,(H,28,30)/p+1. The molecule has 0 saturated heterocycles. The zero-order valence-electron chi connectivity index (χ0n) is 18.8. The van der Waals surface area contributed by atoms with Crippen molar-refractivity contribution in [3.8, 4) is 11.5 Å². The average molecular weight is 430 g/mol. The highest BCUT2D eigenvalue weighted by atomic mass is 16.5. The highest BCUT2D eigenvalue weighted by Gasteiger charge is 2.19. The number of aromatic nitrogens is 1. The summed E-state index contributed by atoms with van der Waals surface area (Å²) >= 11 is 0. The van der Waals surface area contributed by atoms with Gasteiger partial charge in [0.2, 0.25) is 0 Å². The van der Waals surface area contributed by atoms with Crippen molar-refractivity contribution in [2.75, 3.05) is 14.2 Å². The topological polar surface area (TPSA) is 55.8 Å². The summed E-state index contributed by atoms with van der Waals surface area (Å²) in [6.45, 7) is 4.23. The monoisotopic (exact) mass is 429 g/mol. The Kier molecular flexibility index (Phi) is 6.57. The third-order valence-electron chi connectivity index (χ3n) is 5.84. The summed E-state index contributed by atoms with van der Waals surface area (Å²) in [6.07, 6.45) is 0. The number of ether oxygens (including phenoxy) is 2. The molecular weight excluding hydrogens is 400 g/mol. The van der Waals surface area contributed by atoms with Crippen LogP contribution in [0.5, 0.6) is 11.5 Å². The van der Waals surface area contributed by atoms with Gasteiger partial charge in [-0.05, 0) is 13.0 Å². The molecule has 1 heterocycles. The van der Waals surface area contributed by atoms with E-state index in [0.717, 1.165) is 24.3 Å². The lowest BCUT2D eigenvalue weighted by atomic mass is 10.1. The molecule has 2 N–H and O–H groups in total. The fourth-order valence-corrected chi connectivity index (χ4v) is 4.19. The molecule has 0 radical (unpaired) electrons. The molecule has 0 unspecified atom stereocenters. The number of H-pyrrole nitrogens is 1. The van der Waals surface area contributed by atoms with Crippen molar-refractivity contribution in [3.05, 3.63) is 105 Å². The van der Waals surface area contributed by atoms with Gasteiger partial charge >= 0.3 is 0 Å². The van der Waals surface area contributed by atoms with E-state index in [1.54, 1.807) is 26.4 Å². The van der Waals surface area contributed by atoms with E-state index in [-0.39, 0.29) is 5.43 Å². The van der Waals surface area contributed by atoms with Gasteiger partial charge in [0.15, 0.2) is 5.43 Å². The first-order chi connectivity index (χ1) is 15.6. The van der Waals surface area contributed by atoms with Gasteiger partial charge in [-0.1, -0.05) is 60.7 Å². The molecule has 0 fully saturated rings. The number of hydrogen-bond acceptors (Lipinski definition) is 3. The lowest BCUT2D eigenvalue weighted by Crippen LogP contribution is -3.08. The number of rotatable bonds is 8. The largest absolute Gasteiger partial charge is 0.497 e. The van der Waals surface area contributed by atoms with Crippen LogP contribution in [0.1, 0.15) is 22.4 Å². The molecule has 5 nitrogen and oxygen atoms in total. The second-order valence-electron chi connectivity index (χ2n) is 8.06. The molecule has 32 heavy (non-hydrogen) atoms. The van der Waals surface area contributed by atoms with E-state index < -0.39 is 0 Å². The second-order valence-corrected chi connectivity index (χ2v) is 8.06. The van der Waals surface area contributed by atoms with Crippen LogP contribution in [0.25, 0.3) is 10.9 Å². The summed E-state index contributed by atoms with van der Waals surface area (Å²) in [5.41, 5.74) is 4.87. The van der Waals surface area contributed by atoms with Crippen LogP contribution < -0.4 is 19.8 Å². The predicted octanol–water partition coefficient (Wildman–Crippen LogP) is 3.64. The van der Waals surface area contributed by atoms with Gasteiger partial charge in [0.05, 0.1) is 30.7 Å². The number of hydrogen-bond donors (Lipinski definition) is 2. The third-order valence-corrected chi connectivity index (χ3v) is 5.84. The number of methoxy groups -OCH3 is 2. The lowest BCUT2D eigenvalue weighted by Gasteiger charge is -2.21. The van der Waals surface area contributed by atoms with Crippen molar-refractivity contribution in [3.63, 3.8) is 0 Å². The minimum Gasteiger partial charge on any atom is -0.497 e. The van der Waals surface area contributed by atoms with Crippen LogP contribution in [0.3, 0.4) is 0 Å². The maximum atomic E-state index is 13.6. The van der Waals surface area contributed by atoms with Crippen LogP contribution in [0.15, 0.2) is 77.6 Å². The van der Waals surface area contributed by atoms with E-state index in [1.165, 1.54) is 16.0 Å². The Labute approximate surface area is 188 Å². The van der Waals surface area contributed by atoms with Gasteiger partial charge in [0.25, 0.3) is 0 Å². The summed E-state index contributed by atoms with van der Waals surface area (Å²) < 4.78 is 10.9. The molecule has 5 heteroatoms. The van der Waals surface area contributed by atoms with Crippen molar-refractivity contribution in [1.82, 2.24) is 4.98 Å². The van der Waals surface area contributed by atoms with Crippen LogP contribution >= 0.6 is 0 Å². The van der Waals surface area contributed by atoms with Gasteiger partial charge < -0.3 is 19.4 Å². The van der Waals surface area contributed by atoms with Crippen molar-refractivity contribution < 1.29 is 14.4 Å². The summed E-state index contributed by atoms with van der Waals surface area (Å²) in [6, 6.07) is 24.4. The van der Waals surface area contributed by atoms with Gasteiger partial charge in [-0.3, -0.25) is 4.79 Å². The first-order valence-corrected chi connectivity index (χ1v) is 10.8. The van der Waals surface area contributed by atoms with Crippen molar-refractivity contribution in [1.29, 1.82) is 0 Å². The number of aromatic amines is 1. The molecule has 4 rings (SSSR count). The smallest absolute Gasteiger partial charge is 0.198 e. The van der Waals surface area contributed by atoms with Gasteiger partial charge in [-0.15, -0.1) is 0 Å². The van der Waals surface area contributed by atoms with Crippen molar-refractivity contribution >= 4 is 10.9 Å². The molecule has 4 aromatic rings. The van der Waals surface area contributed by atoms with Gasteiger partial charge in [-0.2, -0.15) is 0 Å². The number of fused-ring (bicyclic) bond motifs is 1. The fraction of sp³-hybridized carbons (Fsp3) is 0.222. The number of nitrogens with one attached hydrogen (secondary N) is 2. The highest BCUT2D eigenvalue weighted by Crippen LogP contribution is 2.28. The number of benzene rings is 3. The molecule has 0 aliphatic rings. The maximum absolute atomic E-state index is 13.6. The maximum Gasteiger partial charge on any atom is 0.198 e. The van der Waals surface area contributed by atoms with E-state index in [4.69, 9.17) is 9.47 Å². The molecule has 164 valence electrons. The minimum atomic E-state index is 0.0204. The highest BCUT2D eigenvalue weighted by molar-refractivity contribution is 5.86. The van der Waals surface area contributed by atoms with Gasteiger partial charge in [0.1, 0.15) is 31.1 Å². The van der Waals surface area contributed by atoms with E-state index in [0.29, 0.717) is 28.9 Å². The number of pyridine rings is 1. The summed E-state index contributed by atoms with van der Waals surface area (Å²) in [7, 11) is 3.19. The van der Waals surface area contributed by atoms with Crippen LogP contribution in [0.4, 0.5) is 0 Å². The Morgan fingerprint density at radius 1 is 0.812 bits per heavy atom. The molecule has 0 saturated carbocycles. The minimum absolute atomic E-state index is 0.0204. The molecule has 0 spiro atoms. The summed E-state index contributed by atoms with van der Waals surface area (Å²) in [5, 5.41) is 0.584. The normalized spacial score (nSPS) is 11.1. The molecule has 0 amide bonds. The Bertz CT molecular complexity index is 1210. The number of aryl methyl sites for hydroxylation is 1. The summed E-state index contributed by atoms with van der Waals surface area (Å²) in [5.74, 6) is 1.20. The van der Waals surface area contributed by atoms with E-state index >= 15 is 0 Å². The zero-order valence-corrected chi connectivity index (χ0v) is 18.8. The lowest BCUT2D eigenvalue weighted by molar-refractivity contribution is -0.941. The first-order valence-electron chi connectivity index (χ1n) is 10.8. The number of quaternary nitrogens is 1. The zero-order chi connectivity index (χ0) is 22.5. The van der Waals surface area contributed by atoms with Gasteiger partial charge in [-0.25, -0.2) is 0 Å². The van der Waals surface area contributed by atoms with Gasteiger partial charge in [0, 0.05) is 22.9 Å². The molecular formula is C27H29N2O3+. The van der Waals surface area contributed by atoms with E-state index in [2.05, 4.69) is 53.5 Å². The van der Waals surface area contributed by atoms with Crippen molar-refractivity contribution in [2.45, 2.75) is 26.6 Å².